The predicted octanol–water partition coefficient (Wildman–Crippen LogP) is 2.15. The topological polar surface area (TPSA) is 63.9 Å². The maximum atomic E-state index is 12.2. The van der Waals surface area contributed by atoms with E-state index in [4.69, 9.17) is 4.74 Å². The third-order valence-corrected chi connectivity index (χ3v) is 3.43. The first kappa shape index (κ1) is 16.7. The van der Waals surface area contributed by atoms with E-state index in [1.54, 1.807) is 24.1 Å². The van der Waals surface area contributed by atoms with Crippen LogP contribution in [-0.4, -0.2) is 45.9 Å². The molecule has 2 heterocycles. The van der Waals surface area contributed by atoms with Gasteiger partial charge in [0.25, 0.3) is 0 Å². The summed E-state index contributed by atoms with van der Waals surface area (Å²) in [7, 11) is 0. The van der Waals surface area contributed by atoms with Gasteiger partial charge in [0, 0.05) is 25.4 Å². The molecule has 0 N–H and O–H groups in total. The highest BCUT2D eigenvalue weighted by atomic mass is 16.5. The lowest BCUT2D eigenvalue weighted by molar-refractivity contribution is -0.143. The molecule has 2 aromatic rings. The quantitative estimate of drug-likeness (QED) is 0.580. The molecule has 0 atom stereocenters. The van der Waals surface area contributed by atoms with Crippen LogP contribution in [0, 0.1) is 0 Å². The summed E-state index contributed by atoms with van der Waals surface area (Å²) < 4.78 is 6.78. The van der Waals surface area contributed by atoms with Crippen molar-refractivity contribution in [2.45, 2.75) is 20.3 Å². The number of rotatable bonds is 7. The fourth-order valence-electron chi connectivity index (χ4n) is 2.22. The molecule has 0 unspecified atom stereocenters. The zero-order valence-corrected chi connectivity index (χ0v) is 13.4. The molecule has 0 saturated carbocycles. The molecule has 0 spiro atoms. The van der Waals surface area contributed by atoms with Crippen molar-refractivity contribution in [3.05, 3.63) is 42.4 Å². The number of hydrogen-bond acceptors (Lipinski definition) is 4. The number of aromatic nitrogens is 2. The summed E-state index contributed by atoms with van der Waals surface area (Å²) in [4.78, 5) is 29.5. The van der Waals surface area contributed by atoms with Crippen LogP contribution in [0.4, 0.5) is 0 Å². The summed E-state index contributed by atoms with van der Waals surface area (Å²) in [6, 6.07) is 5.72. The summed E-state index contributed by atoms with van der Waals surface area (Å²) in [6.45, 7) is 4.89. The van der Waals surface area contributed by atoms with Gasteiger partial charge in [0.2, 0.25) is 5.91 Å². The molecule has 0 aromatic carbocycles. The van der Waals surface area contributed by atoms with Crippen molar-refractivity contribution >= 4 is 23.6 Å². The number of amides is 1. The largest absolute Gasteiger partial charge is 0.466 e. The molecule has 2 aromatic heterocycles. The Bertz CT molecular complexity index is 706. The second kappa shape index (κ2) is 8.12. The molecule has 122 valence electrons. The van der Waals surface area contributed by atoms with E-state index in [1.165, 1.54) is 6.08 Å². The molecule has 6 heteroatoms. The van der Waals surface area contributed by atoms with Crippen LogP contribution in [0.3, 0.4) is 0 Å². The lowest BCUT2D eigenvalue weighted by Gasteiger charge is -2.18. The molecule has 0 aliphatic rings. The fourth-order valence-corrected chi connectivity index (χ4v) is 2.22. The Balaban J connectivity index is 1.99. The van der Waals surface area contributed by atoms with Gasteiger partial charge in [0.15, 0.2) is 0 Å². The Hall–Kier alpha value is -2.63. The SMILES string of the molecule is CCOC(=O)CCN(CC)C(=O)/C=C/c1cnc2ccccn12. The summed E-state index contributed by atoms with van der Waals surface area (Å²) >= 11 is 0. The van der Waals surface area contributed by atoms with Crippen LogP contribution in [0.2, 0.25) is 0 Å². The van der Waals surface area contributed by atoms with Crippen LogP contribution >= 0.6 is 0 Å². The minimum atomic E-state index is -0.287. The molecule has 0 fully saturated rings. The molecule has 23 heavy (non-hydrogen) atoms. The van der Waals surface area contributed by atoms with Crippen LogP contribution < -0.4 is 0 Å². The third kappa shape index (κ3) is 4.42. The van der Waals surface area contributed by atoms with Gasteiger partial charge in [-0.1, -0.05) is 6.07 Å². The Morgan fingerprint density at radius 2 is 2.17 bits per heavy atom. The number of fused-ring (bicyclic) bond motifs is 1. The number of ether oxygens (including phenoxy) is 1. The molecule has 0 aliphatic heterocycles. The van der Waals surface area contributed by atoms with Gasteiger partial charge < -0.3 is 14.0 Å². The van der Waals surface area contributed by atoms with Crippen molar-refractivity contribution in [3.63, 3.8) is 0 Å². The molecule has 0 radical (unpaired) electrons. The van der Waals surface area contributed by atoms with E-state index >= 15 is 0 Å². The number of pyridine rings is 1. The molecule has 0 aliphatic carbocycles. The highest BCUT2D eigenvalue weighted by Gasteiger charge is 2.11. The van der Waals surface area contributed by atoms with Crippen molar-refractivity contribution < 1.29 is 14.3 Å². The number of nitrogens with zero attached hydrogens (tertiary/aromatic N) is 3. The predicted molar refractivity (Wildman–Crippen MR) is 87.7 cm³/mol. The average Bonchev–Trinajstić information content (AvgIpc) is 2.97. The number of esters is 1. The zero-order chi connectivity index (χ0) is 16.7. The molecule has 0 bridgehead atoms. The van der Waals surface area contributed by atoms with Gasteiger partial charge in [-0.25, -0.2) is 4.98 Å². The van der Waals surface area contributed by atoms with Gasteiger partial charge in [-0.2, -0.15) is 0 Å². The first-order valence-corrected chi connectivity index (χ1v) is 7.70. The van der Waals surface area contributed by atoms with Crippen LogP contribution in [0.1, 0.15) is 26.0 Å². The number of carbonyl (C=O) groups is 2. The molecular weight excluding hydrogens is 294 g/mol. The van der Waals surface area contributed by atoms with Gasteiger partial charge in [-0.3, -0.25) is 9.59 Å². The molecule has 2 rings (SSSR count). The van der Waals surface area contributed by atoms with Gasteiger partial charge in [-0.05, 0) is 32.1 Å². The standard InChI is InChI=1S/C17H21N3O3/c1-3-19(12-10-17(22)23-4-2)16(21)9-8-14-13-18-15-7-5-6-11-20(14)15/h5-9,11,13H,3-4,10,12H2,1-2H3/b9-8+. The zero-order valence-electron chi connectivity index (χ0n) is 13.4. The van der Waals surface area contributed by atoms with Gasteiger partial charge >= 0.3 is 5.97 Å². The minimum Gasteiger partial charge on any atom is -0.466 e. The first-order valence-electron chi connectivity index (χ1n) is 7.70. The van der Waals surface area contributed by atoms with E-state index in [0.29, 0.717) is 19.7 Å². The Labute approximate surface area is 135 Å². The van der Waals surface area contributed by atoms with Crippen LogP contribution in [-0.2, 0) is 14.3 Å². The number of hydrogen-bond donors (Lipinski definition) is 0. The number of carbonyl (C=O) groups excluding carboxylic acids is 2. The molecular formula is C17H21N3O3. The van der Waals surface area contributed by atoms with E-state index < -0.39 is 0 Å². The van der Waals surface area contributed by atoms with Crippen molar-refractivity contribution in [3.8, 4) is 0 Å². The Morgan fingerprint density at radius 1 is 1.35 bits per heavy atom. The van der Waals surface area contributed by atoms with E-state index in [9.17, 15) is 9.59 Å². The Morgan fingerprint density at radius 3 is 2.91 bits per heavy atom. The highest BCUT2D eigenvalue weighted by Crippen LogP contribution is 2.08. The van der Waals surface area contributed by atoms with Crippen LogP contribution in [0.25, 0.3) is 11.7 Å². The molecule has 0 saturated heterocycles. The van der Waals surface area contributed by atoms with Gasteiger partial charge in [0.1, 0.15) is 5.65 Å². The lowest BCUT2D eigenvalue weighted by atomic mass is 10.3. The minimum absolute atomic E-state index is 0.136. The normalized spacial score (nSPS) is 11.0. The van der Waals surface area contributed by atoms with Crippen LogP contribution in [0.5, 0.6) is 0 Å². The lowest BCUT2D eigenvalue weighted by Crippen LogP contribution is -2.31. The molecule has 1 amide bonds. The van der Waals surface area contributed by atoms with Crippen molar-refractivity contribution in [1.82, 2.24) is 14.3 Å². The summed E-state index contributed by atoms with van der Waals surface area (Å²) in [6.07, 6.45) is 7.05. The van der Waals surface area contributed by atoms with E-state index in [0.717, 1.165) is 11.3 Å². The Kier molecular flexibility index (Phi) is 5.91. The van der Waals surface area contributed by atoms with Gasteiger partial charge in [-0.15, -0.1) is 0 Å². The molecule has 6 nitrogen and oxygen atoms in total. The average molecular weight is 315 g/mol. The van der Waals surface area contributed by atoms with Crippen molar-refractivity contribution in [2.24, 2.45) is 0 Å². The summed E-state index contributed by atoms with van der Waals surface area (Å²) in [5.74, 6) is -0.424. The third-order valence-electron chi connectivity index (χ3n) is 3.43. The van der Waals surface area contributed by atoms with E-state index in [-0.39, 0.29) is 18.3 Å². The maximum Gasteiger partial charge on any atom is 0.307 e. The van der Waals surface area contributed by atoms with Crippen molar-refractivity contribution in [2.75, 3.05) is 19.7 Å². The second-order valence-electron chi connectivity index (χ2n) is 4.92. The van der Waals surface area contributed by atoms with Gasteiger partial charge in [0.05, 0.1) is 24.9 Å². The van der Waals surface area contributed by atoms with Crippen molar-refractivity contribution in [1.29, 1.82) is 0 Å². The fraction of sp³-hybridized carbons (Fsp3) is 0.353. The maximum absolute atomic E-state index is 12.2. The van der Waals surface area contributed by atoms with E-state index in [1.807, 2.05) is 35.7 Å². The van der Waals surface area contributed by atoms with E-state index in [2.05, 4.69) is 4.98 Å². The smallest absolute Gasteiger partial charge is 0.307 e. The second-order valence-corrected chi connectivity index (χ2v) is 4.92. The summed E-state index contributed by atoms with van der Waals surface area (Å²) in [5, 5.41) is 0. The monoisotopic (exact) mass is 315 g/mol. The summed E-state index contributed by atoms with van der Waals surface area (Å²) in [5.41, 5.74) is 1.66. The number of imidazole rings is 1. The van der Waals surface area contributed by atoms with Crippen LogP contribution in [0.15, 0.2) is 36.7 Å². The number of likely N-dealkylation sites (N-methyl/N-ethyl adjacent to an activating group) is 1. The first-order chi connectivity index (χ1) is 11.2. The highest BCUT2D eigenvalue weighted by molar-refractivity contribution is 5.91.